The van der Waals surface area contributed by atoms with Gasteiger partial charge in [0.2, 0.25) is 0 Å². The average molecular weight is 258 g/mol. The highest BCUT2D eigenvalue weighted by atomic mass is 79.9. The molecule has 0 aromatic carbocycles. The van der Waals surface area contributed by atoms with Crippen LogP contribution in [-0.2, 0) is 0 Å². The van der Waals surface area contributed by atoms with Crippen LogP contribution in [0.4, 0.5) is 0 Å². The summed E-state index contributed by atoms with van der Waals surface area (Å²) in [6.07, 6.45) is 6.47. The predicted molar refractivity (Wildman–Crippen MR) is 56.0 cm³/mol. The smallest absolute Gasteiger partial charge is 0.316 e. The lowest BCUT2D eigenvalue weighted by molar-refractivity contribution is 0.190. The van der Waals surface area contributed by atoms with Gasteiger partial charge in [0.15, 0.2) is 0 Å². The van der Waals surface area contributed by atoms with E-state index in [9.17, 15) is 0 Å². The second-order valence-electron chi connectivity index (χ2n) is 3.50. The molecule has 1 fully saturated rings. The minimum absolute atomic E-state index is 0.186. The molecule has 2 rings (SSSR count). The van der Waals surface area contributed by atoms with Gasteiger partial charge in [-0.05, 0) is 35.2 Å². The molecule has 1 aromatic rings. The molecule has 2 atom stereocenters. The fourth-order valence-corrected chi connectivity index (χ4v) is 1.80. The summed E-state index contributed by atoms with van der Waals surface area (Å²) in [4.78, 5) is 8.09. The highest BCUT2D eigenvalue weighted by molar-refractivity contribution is 9.10. The van der Waals surface area contributed by atoms with E-state index in [4.69, 9.17) is 10.5 Å². The number of ether oxygens (including phenoxy) is 1. The molecule has 1 saturated carbocycles. The van der Waals surface area contributed by atoms with Gasteiger partial charge in [-0.1, -0.05) is 0 Å². The molecule has 0 amide bonds. The van der Waals surface area contributed by atoms with Gasteiger partial charge < -0.3 is 10.5 Å². The normalized spacial score (nSPS) is 26.4. The lowest BCUT2D eigenvalue weighted by Gasteiger charge is -2.10. The minimum Gasteiger partial charge on any atom is -0.460 e. The van der Waals surface area contributed by atoms with Crippen molar-refractivity contribution in [3.63, 3.8) is 0 Å². The molecule has 4 nitrogen and oxygen atoms in total. The van der Waals surface area contributed by atoms with Crippen LogP contribution in [0.3, 0.4) is 0 Å². The van der Waals surface area contributed by atoms with Crippen molar-refractivity contribution in [2.75, 3.05) is 0 Å². The summed E-state index contributed by atoms with van der Waals surface area (Å²) < 4.78 is 6.43. The van der Waals surface area contributed by atoms with E-state index in [0.717, 1.165) is 23.7 Å². The molecule has 0 saturated heterocycles. The molecule has 2 N–H and O–H groups in total. The van der Waals surface area contributed by atoms with Crippen molar-refractivity contribution in [1.82, 2.24) is 9.97 Å². The van der Waals surface area contributed by atoms with Crippen LogP contribution in [0.15, 0.2) is 16.9 Å². The Morgan fingerprint density at radius 3 is 2.64 bits per heavy atom. The van der Waals surface area contributed by atoms with Gasteiger partial charge in [-0.2, -0.15) is 0 Å². The van der Waals surface area contributed by atoms with Crippen molar-refractivity contribution < 1.29 is 4.74 Å². The van der Waals surface area contributed by atoms with E-state index in [-0.39, 0.29) is 12.1 Å². The Morgan fingerprint density at radius 1 is 1.36 bits per heavy atom. The van der Waals surface area contributed by atoms with Crippen LogP contribution >= 0.6 is 15.9 Å². The molecular weight excluding hydrogens is 246 g/mol. The Labute approximate surface area is 91.0 Å². The van der Waals surface area contributed by atoms with Crippen LogP contribution in [0.5, 0.6) is 6.01 Å². The van der Waals surface area contributed by atoms with E-state index < -0.39 is 0 Å². The molecule has 0 radical (unpaired) electrons. The monoisotopic (exact) mass is 257 g/mol. The largest absolute Gasteiger partial charge is 0.460 e. The van der Waals surface area contributed by atoms with Gasteiger partial charge >= 0.3 is 6.01 Å². The third-order valence-corrected chi connectivity index (χ3v) is 2.70. The zero-order chi connectivity index (χ0) is 9.97. The summed E-state index contributed by atoms with van der Waals surface area (Å²) in [5.74, 6) is 0. The van der Waals surface area contributed by atoms with Crippen molar-refractivity contribution >= 4 is 15.9 Å². The molecular formula is C9H12BrN3O. The Hall–Kier alpha value is -0.680. The van der Waals surface area contributed by atoms with E-state index in [1.807, 2.05) is 0 Å². The maximum Gasteiger partial charge on any atom is 0.316 e. The number of hydrogen-bond acceptors (Lipinski definition) is 4. The number of hydrogen-bond donors (Lipinski definition) is 1. The second-order valence-corrected chi connectivity index (χ2v) is 4.41. The summed E-state index contributed by atoms with van der Waals surface area (Å²) in [5.41, 5.74) is 5.77. The fraction of sp³-hybridized carbons (Fsp3) is 0.556. The quantitative estimate of drug-likeness (QED) is 0.873. The van der Waals surface area contributed by atoms with Crippen molar-refractivity contribution in [1.29, 1.82) is 0 Å². The first kappa shape index (κ1) is 9.86. The topological polar surface area (TPSA) is 61.0 Å². The Kier molecular flexibility index (Phi) is 2.98. The SMILES string of the molecule is NC1CCC(Oc2ncc(Br)cn2)C1. The molecule has 0 spiro atoms. The summed E-state index contributed by atoms with van der Waals surface area (Å²) in [7, 11) is 0. The van der Waals surface area contributed by atoms with Gasteiger partial charge in [-0.25, -0.2) is 9.97 Å². The Balaban J connectivity index is 1.94. The number of nitrogens with zero attached hydrogens (tertiary/aromatic N) is 2. The maximum atomic E-state index is 5.77. The Bertz CT molecular complexity index is 303. The zero-order valence-corrected chi connectivity index (χ0v) is 9.27. The number of rotatable bonds is 2. The molecule has 0 bridgehead atoms. The molecule has 1 aliphatic carbocycles. The van der Waals surface area contributed by atoms with Crippen molar-refractivity contribution in [3.8, 4) is 6.01 Å². The van der Waals surface area contributed by atoms with E-state index >= 15 is 0 Å². The first-order chi connectivity index (χ1) is 6.74. The van der Waals surface area contributed by atoms with Crippen LogP contribution in [0, 0.1) is 0 Å². The van der Waals surface area contributed by atoms with E-state index in [2.05, 4.69) is 25.9 Å². The number of aromatic nitrogens is 2. The summed E-state index contributed by atoms with van der Waals surface area (Å²) in [5, 5.41) is 0. The predicted octanol–water partition coefficient (Wildman–Crippen LogP) is 1.50. The highest BCUT2D eigenvalue weighted by Gasteiger charge is 2.23. The van der Waals surface area contributed by atoms with Gasteiger partial charge in [0.05, 0.1) is 4.47 Å². The third-order valence-electron chi connectivity index (χ3n) is 2.29. The first-order valence-corrected chi connectivity index (χ1v) is 5.43. The van der Waals surface area contributed by atoms with Gasteiger partial charge in [0.25, 0.3) is 0 Å². The maximum absolute atomic E-state index is 5.77. The molecule has 14 heavy (non-hydrogen) atoms. The minimum atomic E-state index is 0.186. The second kappa shape index (κ2) is 4.23. The lowest BCUT2D eigenvalue weighted by Crippen LogP contribution is -2.19. The first-order valence-electron chi connectivity index (χ1n) is 4.64. The van der Waals surface area contributed by atoms with E-state index in [1.165, 1.54) is 0 Å². The molecule has 5 heteroatoms. The molecule has 1 aromatic heterocycles. The summed E-state index contributed by atoms with van der Waals surface area (Å²) in [6, 6.07) is 0.711. The summed E-state index contributed by atoms with van der Waals surface area (Å²) >= 11 is 3.27. The molecule has 1 aliphatic rings. The van der Waals surface area contributed by atoms with Gasteiger partial charge in [0, 0.05) is 18.4 Å². The average Bonchev–Trinajstić information content (AvgIpc) is 2.56. The molecule has 76 valence electrons. The van der Waals surface area contributed by atoms with Crippen LogP contribution in [0.25, 0.3) is 0 Å². The molecule has 0 aliphatic heterocycles. The van der Waals surface area contributed by atoms with Gasteiger partial charge in [0.1, 0.15) is 6.10 Å². The highest BCUT2D eigenvalue weighted by Crippen LogP contribution is 2.21. The van der Waals surface area contributed by atoms with Crippen LogP contribution in [0.1, 0.15) is 19.3 Å². The van der Waals surface area contributed by atoms with Crippen LogP contribution < -0.4 is 10.5 Å². The van der Waals surface area contributed by atoms with Crippen molar-refractivity contribution in [2.45, 2.75) is 31.4 Å². The van der Waals surface area contributed by atoms with E-state index in [1.54, 1.807) is 12.4 Å². The standard InChI is InChI=1S/C9H12BrN3O/c10-6-4-12-9(13-5-6)14-8-2-1-7(11)3-8/h4-5,7-8H,1-3,11H2. The molecule has 1 heterocycles. The van der Waals surface area contributed by atoms with Crippen LogP contribution in [-0.4, -0.2) is 22.1 Å². The molecule has 2 unspecified atom stereocenters. The van der Waals surface area contributed by atoms with E-state index in [0.29, 0.717) is 6.01 Å². The van der Waals surface area contributed by atoms with Gasteiger partial charge in [-0.3, -0.25) is 0 Å². The van der Waals surface area contributed by atoms with Gasteiger partial charge in [-0.15, -0.1) is 0 Å². The lowest BCUT2D eigenvalue weighted by atomic mass is 10.3. The number of halogens is 1. The van der Waals surface area contributed by atoms with Crippen LogP contribution in [0.2, 0.25) is 0 Å². The summed E-state index contributed by atoms with van der Waals surface area (Å²) in [6.45, 7) is 0. The number of nitrogens with two attached hydrogens (primary N) is 1. The fourth-order valence-electron chi connectivity index (χ4n) is 1.59. The zero-order valence-electron chi connectivity index (χ0n) is 7.69. The Morgan fingerprint density at radius 2 is 2.07 bits per heavy atom. The van der Waals surface area contributed by atoms with Crippen molar-refractivity contribution in [2.24, 2.45) is 5.73 Å². The van der Waals surface area contributed by atoms with Crippen molar-refractivity contribution in [3.05, 3.63) is 16.9 Å². The third kappa shape index (κ3) is 2.42.